The Morgan fingerprint density at radius 3 is 1.17 bits per heavy atom. The minimum absolute atomic E-state index is 0.124. The van der Waals surface area contributed by atoms with Crippen LogP contribution >= 0.6 is 0 Å². The summed E-state index contributed by atoms with van der Waals surface area (Å²) in [7, 11) is 0. The van der Waals surface area contributed by atoms with Gasteiger partial charge in [-0.2, -0.15) is 0 Å². The number of quaternary nitrogens is 1. The van der Waals surface area contributed by atoms with Gasteiger partial charge in [0.05, 0.1) is 0 Å². The van der Waals surface area contributed by atoms with Crippen LogP contribution in [0.5, 0.6) is 5.75 Å². The highest BCUT2D eigenvalue weighted by Crippen LogP contribution is 2.41. The fourth-order valence-electron chi connectivity index (χ4n) is 9.40. The van der Waals surface area contributed by atoms with Crippen molar-refractivity contribution in [1.29, 1.82) is 0 Å². The monoisotopic (exact) mass is 864 g/mol. The van der Waals surface area contributed by atoms with Crippen LogP contribution in [0.3, 0.4) is 0 Å². The van der Waals surface area contributed by atoms with Gasteiger partial charge in [-0.3, -0.25) is 0 Å². The van der Waals surface area contributed by atoms with E-state index in [0.717, 1.165) is 42.6 Å². The van der Waals surface area contributed by atoms with E-state index < -0.39 is 4.65 Å². The molecule has 0 atom stereocenters. The predicted octanol–water partition coefficient (Wildman–Crippen LogP) is 18.0. The van der Waals surface area contributed by atoms with Gasteiger partial charge in [-0.25, -0.2) is 10.0 Å². The third-order valence-electron chi connectivity index (χ3n) is 13.5. The third kappa shape index (κ3) is 21.4. The van der Waals surface area contributed by atoms with E-state index in [9.17, 15) is 10.0 Å². The lowest BCUT2D eigenvalue weighted by atomic mass is 9.90. The van der Waals surface area contributed by atoms with Crippen molar-refractivity contribution in [1.82, 2.24) is 0 Å². The minimum atomic E-state index is -0.506. The molecule has 350 valence electrons. The Bertz CT molecular complexity index is 1560. The molecule has 1 heterocycles. The number of nitrogens with zero attached hydrogens (tertiary/aromatic N) is 1. The number of fused-ring (bicyclic) bond motifs is 2. The molecule has 4 rings (SSSR count). The minimum Gasteiger partial charge on any atom is -0.479 e. The van der Waals surface area contributed by atoms with Crippen LogP contribution in [0.2, 0.25) is 0 Å². The summed E-state index contributed by atoms with van der Waals surface area (Å²) in [4.78, 5) is 13.8. The van der Waals surface area contributed by atoms with Crippen molar-refractivity contribution in [3.05, 3.63) is 89.5 Å². The van der Waals surface area contributed by atoms with E-state index in [2.05, 4.69) is 73.8 Å². The molecule has 0 radical (unpaired) electrons. The lowest BCUT2D eigenvalue weighted by Gasteiger charge is -2.27. The molecule has 5 nitrogen and oxygen atoms in total. The summed E-state index contributed by atoms with van der Waals surface area (Å²) >= 11 is 0. The van der Waals surface area contributed by atoms with Crippen molar-refractivity contribution < 1.29 is 19.4 Å². The Labute approximate surface area is 386 Å². The fourth-order valence-corrected chi connectivity index (χ4v) is 9.40. The van der Waals surface area contributed by atoms with E-state index in [-0.39, 0.29) is 12.5 Å². The topological polar surface area (TPSA) is 58.6 Å². The highest BCUT2D eigenvalue weighted by molar-refractivity contribution is 6.02. The molecule has 3 aromatic rings. The third-order valence-corrected chi connectivity index (χ3v) is 13.5. The van der Waals surface area contributed by atoms with E-state index >= 15 is 0 Å². The number of hydroxylamine groups is 3. The van der Waals surface area contributed by atoms with Crippen LogP contribution in [0, 0.1) is 0 Å². The van der Waals surface area contributed by atoms with Crippen molar-refractivity contribution in [3.8, 4) is 5.75 Å². The zero-order valence-electron chi connectivity index (χ0n) is 40.5. The molecule has 0 unspecified atom stereocenters. The Morgan fingerprint density at radius 2 is 0.810 bits per heavy atom. The van der Waals surface area contributed by atoms with E-state index in [0.29, 0.717) is 18.8 Å². The maximum atomic E-state index is 13.8. The lowest BCUT2D eigenvalue weighted by Crippen LogP contribution is -2.53. The fraction of sp³-hybridized carbons (Fsp3) is 0.638. The number of hydrogen-bond donors (Lipinski definition) is 2. The average molecular weight is 864 g/mol. The SMILES string of the molecule is CCCCCCCCCCCCCCCCCC[N+](O)(CCCCCCCCCCCCCCCCCC)C(=O)COc1ccc(C=C2c3ccccc3Nc3ccccc32)cc1. The number of amides is 1. The van der Waals surface area contributed by atoms with Gasteiger partial charge in [0.2, 0.25) is 6.61 Å². The molecule has 63 heavy (non-hydrogen) atoms. The first-order chi connectivity index (χ1) is 31.0. The highest BCUT2D eigenvalue weighted by Gasteiger charge is 2.35. The molecular formula is C58H91N2O3+. The maximum absolute atomic E-state index is 13.8. The van der Waals surface area contributed by atoms with Gasteiger partial charge < -0.3 is 10.1 Å². The Hall–Kier alpha value is -3.41. The number of para-hydroxylation sites is 2. The lowest BCUT2D eigenvalue weighted by molar-refractivity contribution is -1.04. The molecule has 0 saturated carbocycles. The zero-order chi connectivity index (χ0) is 44.5. The molecule has 2 N–H and O–H groups in total. The number of carbonyl (C=O) groups is 1. The van der Waals surface area contributed by atoms with Crippen LogP contribution in [0.1, 0.15) is 236 Å². The standard InChI is InChI=1S/C58H91N2O3/c1-3-5-7-9-11-13-15-17-19-21-23-25-27-29-31-37-47-60(62,48-38-32-30-28-26-24-22-20-18-16-14-12-10-8-6-4-2)58(61)50-63-52-45-43-51(44-46-52)49-55-53-39-33-35-41-56(53)59-57-42-36-34-40-54(55)57/h33-36,39-46,49,59,62H,3-32,37-38,47-48,50H2,1-2H3/q+1. The van der Waals surface area contributed by atoms with Crippen LogP contribution in [-0.2, 0) is 4.79 Å². The Balaban J connectivity index is 1.17. The van der Waals surface area contributed by atoms with Gasteiger partial charge in [-0.05, 0) is 67.2 Å². The first-order valence-electron chi connectivity index (χ1n) is 26.6. The maximum Gasteiger partial charge on any atom is 0.383 e. The quantitative estimate of drug-likeness (QED) is 0.0204. The number of nitrogens with one attached hydrogen (secondary N) is 1. The number of ether oxygens (including phenoxy) is 1. The molecule has 0 aromatic heterocycles. The molecule has 3 aromatic carbocycles. The molecule has 0 spiro atoms. The summed E-state index contributed by atoms with van der Waals surface area (Å²) < 4.78 is 5.58. The van der Waals surface area contributed by atoms with Gasteiger partial charge >= 0.3 is 5.91 Å². The van der Waals surface area contributed by atoms with E-state index in [4.69, 9.17) is 4.74 Å². The summed E-state index contributed by atoms with van der Waals surface area (Å²) in [5.74, 6) is 0.416. The highest BCUT2D eigenvalue weighted by atomic mass is 16.6. The van der Waals surface area contributed by atoms with Crippen LogP contribution in [0.25, 0.3) is 11.6 Å². The molecule has 0 fully saturated rings. The van der Waals surface area contributed by atoms with Crippen LogP contribution in [0.4, 0.5) is 11.4 Å². The number of rotatable bonds is 38. The van der Waals surface area contributed by atoms with Gasteiger partial charge in [0.15, 0.2) is 0 Å². The van der Waals surface area contributed by atoms with Gasteiger partial charge in [-0.15, -0.1) is 4.65 Å². The first kappa shape index (κ1) is 52.2. The van der Waals surface area contributed by atoms with Crippen LogP contribution < -0.4 is 10.1 Å². The Kier molecular flexibility index (Phi) is 27.5. The second-order valence-corrected chi connectivity index (χ2v) is 19.0. The van der Waals surface area contributed by atoms with Gasteiger partial charge in [-0.1, -0.05) is 242 Å². The average Bonchev–Trinajstić information content (AvgIpc) is 3.30. The van der Waals surface area contributed by atoms with Gasteiger partial charge in [0, 0.05) is 22.5 Å². The van der Waals surface area contributed by atoms with Gasteiger partial charge in [0.25, 0.3) is 0 Å². The Morgan fingerprint density at radius 1 is 0.476 bits per heavy atom. The summed E-state index contributed by atoms with van der Waals surface area (Å²) in [5.41, 5.74) is 6.79. The smallest absolute Gasteiger partial charge is 0.383 e. The van der Waals surface area contributed by atoms with Crippen molar-refractivity contribution >= 4 is 28.9 Å². The number of carbonyl (C=O) groups excluding carboxylic acids is 1. The van der Waals surface area contributed by atoms with E-state index in [1.165, 1.54) is 196 Å². The number of unbranched alkanes of at least 4 members (excludes halogenated alkanes) is 30. The summed E-state index contributed by atoms with van der Waals surface area (Å²) in [6.45, 7) is 5.41. The predicted molar refractivity (Wildman–Crippen MR) is 271 cm³/mol. The molecule has 1 aliphatic rings. The van der Waals surface area contributed by atoms with Crippen molar-refractivity contribution in [2.45, 2.75) is 219 Å². The second-order valence-electron chi connectivity index (χ2n) is 19.0. The summed E-state index contributed by atoms with van der Waals surface area (Å²) in [5, 5.41) is 15.4. The number of anilines is 2. The largest absolute Gasteiger partial charge is 0.479 e. The second kappa shape index (κ2) is 33.1. The summed E-state index contributed by atoms with van der Waals surface area (Å²) in [6.07, 6.45) is 44.1. The first-order valence-corrected chi connectivity index (χ1v) is 26.6. The van der Waals surface area contributed by atoms with Crippen LogP contribution in [0.15, 0.2) is 72.8 Å². The molecular weight excluding hydrogens is 773 g/mol. The zero-order valence-corrected chi connectivity index (χ0v) is 40.5. The normalized spacial score (nSPS) is 12.2. The molecule has 0 aliphatic carbocycles. The van der Waals surface area contributed by atoms with E-state index in [1.54, 1.807) is 0 Å². The molecule has 1 amide bonds. The molecule has 5 heteroatoms. The van der Waals surface area contributed by atoms with Crippen molar-refractivity contribution in [2.24, 2.45) is 0 Å². The molecule has 0 bridgehead atoms. The van der Waals surface area contributed by atoms with Crippen molar-refractivity contribution in [2.75, 3.05) is 25.0 Å². The van der Waals surface area contributed by atoms with Gasteiger partial charge in [0.1, 0.15) is 18.8 Å². The number of benzene rings is 3. The number of hydrogen-bond acceptors (Lipinski definition) is 4. The van der Waals surface area contributed by atoms with Crippen LogP contribution in [-0.4, -0.2) is 35.5 Å². The molecule has 0 saturated heterocycles. The molecule has 1 aliphatic heterocycles. The van der Waals surface area contributed by atoms with E-state index in [1.807, 2.05) is 24.3 Å². The summed E-state index contributed by atoms with van der Waals surface area (Å²) in [6, 6.07) is 24.8. The van der Waals surface area contributed by atoms with Crippen molar-refractivity contribution in [3.63, 3.8) is 0 Å².